The van der Waals surface area contributed by atoms with Gasteiger partial charge in [-0.1, -0.05) is 204 Å². The van der Waals surface area contributed by atoms with E-state index in [0.29, 0.717) is 0 Å². The monoisotopic (exact) mass is 1330 g/mol. The normalized spacial score (nSPS) is 15.2. The quantitative estimate of drug-likeness (QED) is 0.152. The van der Waals surface area contributed by atoms with E-state index in [1.54, 1.807) is 36.5 Å². The Labute approximate surface area is 600 Å². The molecule has 0 aromatic heterocycles. The Morgan fingerprint density at radius 2 is 0.470 bits per heavy atom. The van der Waals surface area contributed by atoms with Gasteiger partial charge in [-0.25, -0.2) is 0 Å². The molecule has 0 fully saturated rings. The first-order valence-corrected chi connectivity index (χ1v) is 38.1. The van der Waals surface area contributed by atoms with Crippen LogP contribution in [0.5, 0.6) is 23.0 Å². The Kier molecular flexibility index (Phi) is 20.2. The molecule has 4 nitrogen and oxygen atoms in total. The summed E-state index contributed by atoms with van der Waals surface area (Å²) in [5.41, 5.74) is 35.4. The lowest BCUT2D eigenvalue weighted by Crippen LogP contribution is -2.15. The van der Waals surface area contributed by atoms with Crippen molar-refractivity contribution in [3.8, 4) is 67.5 Å². The van der Waals surface area contributed by atoms with Crippen molar-refractivity contribution >= 4 is 21.5 Å². The molecular formula is C96H112O4. The van der Waals surface area contributed by atoms with Gasteiger partial charge >= 0.3 is 0 Å². The SMILES string of the molecule is COc1ccc2c(c1-c1cc3c(cc1C(C)(C)C)CCC3)CCCC2.COc1ccc2c(c1-c1cc3c(cc1C(C)(C)C)CCC3)CCCC2.COc1ccc2ccccc2c1-c1cc2c(cc1C(C)(C)C)CCC2.COc1ccc2ccccc2c1-c1cc2c(cc1C(C)(C)C)CCC2. The first-order chi connectivity index (χ1) is 47.9. The summed E-state index contributed by atoms with van der Waals surface area (Å²) in [7, 11) is 7.19. The molecule has 0 aliphatic heterocycles. The molecule has 0 bridgehead atoms. The van der Waals surface area contributed by atoms with E-state index < -0.39 is 0 Å². The summed E-state index contributed by atoms with van der Waals surface area (Å²) in [5.74, 6) is 4.01. The zero-order chi connectivity index (χ0) is 70.4. The molecule has 0 atom stereocenters. The number of methoxy groups -OCH3 is 4. The first kappa shape index (κ1) is 70.4. The molecule has 0 N–H and O–H groups in total. The fourth-order valence-electron chi connectivity index (χ4n) is 17.7. The molecule has 0 amide bonds. The van der Waals surface area contributed by atoms with Crippen LogP contribution in [-0.2, 0) is 98.7 Å². The van der Waals surface area contributed by atoms with Gasteiger partial charge < -0.3 is 18.9 Å². The average Bonchev–Trinajstić information content (AvgIpc) is 1.21. The highest BCUT2D eigenvalue weighted by Crippen LogP contribution is 2.50. The summed E-state index contributed by atoms with van der Waals surface area (Å²) in [6.45, 7) is 27.9. The fourth-order valence-corrected chi connectivity index (χ4v) is 17.7. The van der Waals surface area contributed by atoms with Gasteiger partial charge in [0, 0.05) is 22.3 Å². The highest BCUT2D eigenvalue weighted by Gasteiger charge is 2.32. The van der Waals surface area contributed by atoms with Gasteiger partial charge in [-0.3, -0.25) is 0 Å². The number of hydrogen-bond donors (Lipinski definition) is 0. The van der Waals surface area contributed by atoms with Crippen LogP contribution in [0.25, 0.3) is 66.1 Å². The highest BCUT2D eigenvalue weighted by molar-refractivity contribution is 6.02. The van der Waals surface area contributed by atoms with Gasteiger partial charge in [0.1, 0.15) is 23.0 Å². The minimum Gasteiger partial charge on any atom is -0.496 e. The van der Waals surface area contributed by atoms with E-state index in [2.05, 4.69) is 229 Å². The molecule has 10 aromatic carbocycles. The van der Waals surface area contributed by atoms with Gasteiger partial charge in [0.05, 0.1) is 28.4 Å². The maximum absolute atomic E-state index is 5.85. The summed E-state index contributed by atoms with van der Waals surface area (Å²) >= 11 is 0. The molecule has 6 aliphatic rings. The fraction of sp³-hybridized carbons (Fsp3) is 0.417. The van der Waals surface area contributed by atoms with E-state index in [1.165, 1.54) is 261 Å². The van der Waals surface area contributed by atoms with Crippen LogP contribution in [0.3, 0.4) is 0 Å². The lowest BCUT2D eigenvalue weighted by Gasteiger charge is -2.28. The van der Waals surface area contributed by atoms with E-state index in [-0.39, 0.29) is 21.7 Å². The summed E-state index contributed by atoms with van der Waals surface area (Å²) in [4.78, 5) is 0. The lowest BCUT2D eigenvalue weighted by atomic mass is 9.77. The largest absolute Gasteiger partial charge is 0.496 e. The van der Waals surface area contributed by atoms with Gasteiger partial charge in [-0.05, 0) is 307 Å². The van der Waals surface area contributed by atoms with Crippen LogP contribution in [0.1, 0.15) is 223 Å². The van der Waals surface area contributed by atoms with E-state index in [4.69, 9.17) is 18.9 Å². The predicted octanol–water partition coefficient (Wildman–Crippen LogP) is 24.7. The van der Waals surface area contributed by atoms with Crippen molar-refractivity contribution in [2.45, 2.75) is 233 Å². The van der Waals surface area contributed by atoms with Crippen molar-refractivity contribution in [2.75, 3.05) is 28.4 Å². The lowest BCUT2D eigenvalue weighted by molar-refractivity contribution is 0.415. The van der Waals surface area contributed by atoms with Crippen molar-refractivity contribution in [1.29, 1.82) is 0 Å². The number of benzene rings is 10. The molecule has 0 saturated heterocycles. The summed E-state index contributed by atoms with van der Waals surface area (Å²) in [5, 5.41) is 5.06. The van der Waals surface area contributed by atoms with Gasteiger partial charge in [0.2, 0.25) is 0 Å². The van der Waals surface area contributed by atoms with E-state index in [9.17, 15) is 0 Å². The molecule has 0 saturated carbocycles. The molecule has 10 aromatic rings. The zero-order valence-corrected chi connectivity index (χ0v) is 63.6. The van der Waals surface area contributed by atoms with Gasteiger partial charge in [-0.15, -0.1) is 0 Å². The number of ether oxygens (including phenoxy) is 4. The second-order valence-electron chi connectivity index (χ2n) is 33.8. The molecular weight excluding hydrogens is 1220 g/mol. The third-order valence-electron chi connectivity index (χ3n) is 22.9. The molecule has 16 rings (SSSR count). The van der Waals surface area contributed by atoms with Crippen LogP contribution in [0.4, 0.5) is 0 Å². The average molecular weight is 1330 g/mol. The summed E-state index contributed by atoms with van der Waals surface area (Å²) in [6, 6.07) is 54.5. The predicted molar refractivity (Wildman–Crippen MR) is 425 cm³/mol. The van der Waals surface area contributed by atoms with Crippen molar-refractivity contribution in [3.05, 3.63) is 235 Å². The Morgan fingerprint density at radius 3 is 0.760 bits per heavy atom. The maximum atomic E-state index is 5.85. The Balaban J connectivity index is 0.000000119. The number of fused-ring (bicyclic) bond motifs is 8. The third-order valence-corrected chi connectivity index (χ3v) is 22.9. The zero-order valence-electron chi connectivity index (χ0n) is 63.6. The second-order valence-corrected chi connectivity index (χ2v) is 33.8. The van der Waals surface area contributed by atoms with Crippen LogP contribution < -0.4 is 18.9 Å². The Morgan fingerprint density at radius 1 is 0.230 bits per heavy atom. The van der Waals surface area contributed by atoms with Crippen molar-refractivity contribution in [2.24, 2.45) is 0 Å². The second kappa shape index (κ2) is 28.7. The van der Waals surface area contributed by atoms with Crippen molar-refractivity contribution in [1.82, 2.24) is 0 Å². The van der Waals surface area contributed by atoms with Crippen LogP contribution in [0.15, 0.2) is 146 Å². The van der Waals surface area contributed by atoms with Gasteiger partial charge in [-0.2, -0.15) is 0 Å². The standard InChI is InChI=1S/2C24H30O.2C24H26O/c4*1-24(2,3)21-15-18-10-7-9-17(18)14-20(21)23-19-11-6-5-8-16(19)12-13-22(23)25-4/h2*12-15H,5-11H2,1-4H3;2*5-6,8,11-15H,7,9-10H2,1-4H3. The van der Waals surface area contributed by atoms with Crippen LogP contribution in [0.2, 0.25) is 0 Å². The van der Waals surface area contributed by atoms with Gasteiger partial charge in [0.25, 0.3) is 0 Å². The van der Waals surface area contributed by atoms with E-state index >= 15 is 0 Å². The highest BCUT2D eigenvalue weighted by atomic mass is 16.5. The number of aryl methyl sites for hydroxylation is 10. The topological polar surface area (TPSA) is 36.9 Å². The van der Waals surface area contributed by atoms with Crippen LogP contribution in [0, 0.1) is 0 Å². The summed E-state index contributed by atoms with van der Waals surface area (Å²) in [6.07, 6.45) is 24.9. The minimum atomic E-state index is 0.0922. The molecule has 0 spiro atoms. The van der Waals surface area contributed by atoms with Crippen LogP contribution >= 0.6 is 0 Å². The molecule has 100 heavy (non-hydrogen) atoms. The van der Waals surface area contributed by atoms with E-state index in [0.717, 1.165) is 23.0 Å². The Bertz CT molecular complexity index is 4400. The molecule has 0 heterocycles. The molecule has 0 unspecified atom stereocenters. The first-order valence-electron chi connectivity index (χ1n) is 38.1. The molecule has 520 valence electrons. The van der Waals surface area contributed by atoms with Gasteiger partial charge in [0.15, 0.2) is 0 Å². The summed E-state index contributed by atoms with van der Waals surface area (Å²) < 4.78 is 23.3. The molecule has 4 heteroatoms. The Hall–Kier alpha value is -8.08. The number of rotatable bonds is 8. The van der Waals surface area contributed by atoms with Crippen molar-refractivity contribution in [3.63, 3.8) is 0 Å². The van der Waals surface area contributed by atoms with Crippen molar-refractivity contribution < 1.29 is 18.9 Å². The molecule has 0 radical (unpaired) electrons. The minimum absolute atomic E-state index is 0.0922. The molecule has 6 aliphatic carbocycles. The maximum Gasteiger partial charge on any atom is 0.127 e. The van der Waals surface area contributed by atoms with Crippen LogP contribution in [-0.4, -0.2) is 28.4 Å². The number of hydrogen-bond acceptors (Lipinski definition) is 4. The smallest absolute Gasteiger partial charge is 0.127 e. The van der Waals surface area contributed by atoms with E-state index in [1.807, 2.05) is 14.2 Å². The third kappa shape index (κ3) is 14.2.